The Labute approximate surface area is 266 Å². The number of aliphatic hydroxyl groups excluding tert-OH is 1. The number of hydrogen-bond donors (Lipinski definition) is 1. The number of methoxy groups -OCH3 is 1. The van der Waals surface area contributed by atoms with Crippen LogP contribution in [0.4, 0.5) is 5.13 Å². The highest BCUT2D eigenvalue weighted by molar-refractivity contribution is 7.17. The third-order valence-corrected chi connectivity index (χ3v) is 8.13. The molecule has 1 atom stereocenters. The number of esters is 1. The van der Waals surface area contributed by atoms with Gasteiger partial charge in [-0.3, -0.25) is 14.5 Å². The van der Waals surface area contributed by atoms with Crippen molar-refractivity contribution in [3.8, 4) is 17.2 Å². The number of aromatic nitrogens is 1. The highest BCUT2D eigenvalue weighted by Crippen LogP contribution is 2.45. The Bertz CT molecular complexity index is 1610. The van der Waals surface area contributed by atoms with E-state index >= 15 is 0 Å². The van der Waals surface area contributed by atoms with E-state index in [9.17, 15) is 19.5 Å². The van der Waals surface area contributed by atoms with Crippen molar-refractivity contribution >= 4 is 39.9 Å². The minimum absolute atomic E-state index is 0.00242. The molecule has 1 saturated heterocycles. The molecule has 0 aliphatic carbocycles. The highest BCUT2D eigenvalue weighted by atomic mass is 32.1. The maximum absolute atomic E-state index is 13.7. The van der Waals surface area contributed by atoms with Gasteiger partial charge >= 0.3 is 11.9 Å². The summed E-state index contributed by atoms with van der Waals surface area (Å²) in [6.07, 6.45) is 3.07. The number of nitrogens with zero attached hydrogens (tertiary/aromatic N) is 2. The molecular formula is C34H38N2O8S. The van der Waals surface area contributed by atoms with E-state index in [1.807, 2.05) is 6.92 Å². The van der Waals surface area contributed by atoms with Crippen molar-refractivity contribution in [2.75, 3.05) is 31.8 Å². The fourth-order valence-corrected chi connectivity index (χ4v) is 5.69. The van der Waals surface area contributed by atoms with Gasteiger partial charge in [0.05, 0.1) is 37.6 Å². The number of anilines is 1. The summed E-state index contributed by atoms with van der Waals surface area (Å²) in [5.41, 5.74) is 0.950. The lowest BCUT2D eigenvalue weighted by Crippen LogP contribution is -2.29. The number of ether oxygens (including phenoxy) is 4. The molecule has 0 spiro atoms. The van der Waals surface area contributed by atoms with E-state index in [0.29, 0.717) is 53.2 Å². The first kappa shape index (κ1) is 33.3. The smallest absolute Gasteiger partial charge is 0.350 e. The number of hydrogen-bond acceptors (Lipinski definition) is 10. The van der Waals surface area contributed by atoms with Gasteiger partial charge in [-0.05, 0) is 55.5 Å². The summed E-state index contributed by atoms with van der Waals surface area (Å²) in [5, 5.41) is 11.7. The average molecular weight is 635 g/mol. The summed E-state index contributed by atoms with van der Waals surface area (Å²) >= 11 is 0.920. The van der Waals surface area contributed by atoms with Gasteiger partial charge in [-0.1, -0.05) is 63.0 Å². The Morgan fingerprint density at radius 2 is 1.91 bits per heavy atom. The number of rotatable bonds is 14. The zero-order valence-electron chi connectivity index (χ0n) is 26.1. The largest absolute Gasteiger partial charge is 0.507 e. The molecule has 3 aromatic rings. The van der Waals surface area contributed by atoms with Gasteiger partial charge in [-0.2, -0.15) is 0 Å². The summed E-state index contributed by atoms with van der Waals surface area (Å²) in [4.78, 5) is 46.0. The van der Waals surface area contributed by atoms with Crippen molar-refractivity contribution in [2.45, 2.75) is 46.6 Å². The minimum atomic E-state index is -1.11. The molecular weight excluding hydrogens is 596 g/mol. The second-order valence-corrected chi connectivity index (χ2v) is 11.8. The van der Waals surface area contributed by atoms with Gasteiger partial charge < -0.3 is 24.1 Å². The standard InChI is InChI=1S/C34H38N2O8S/c1-7-15-42-24-11-9-10-23(18-24)29(37)27-28(22-12-13-25(26(19-22)41-6)43-17-14-20(3)4)36(32(39)30(27)38)34-35-21(5)31(45-34)33(40)44-16-8-2/h8-13,18-20,28,37H,2,7,14-17H2,1,3-6H3/b29-27+. The van der Waals surface area contributed by atoms with Gasteiger partial charge in [0.25, 0.3) is 5.78 Å². The quantitative estimate of drug-likeness (QED) is 0.0683. The van der Waals surface area contributed by atoms with Crippen LogP contribution in [0.25, 0.3) is 5.76 Å². The Balaban J connectivity index is 1.87. The molecule has 0 saturated carbocycles. The van der Waals surface area contributed by atoms with Gasteiger partial charge in [0, 0.05) is 5.56 Å². The van der Waals surface area contributed by atoms with Crippen LogP contribution in [0, 0.1) is 12.8 Å². The molecule has 1 N–H and O–H groups in total. The monoisotopic (exact) mass is 634 g/mol. The zero-order chi connectivity index (χ0) is 32.7. The van der Waals surface area contributed by atoms with E-state index in [1.54, 1.807) is 49.4 Å². The molecule has 1 unspecified atom stereocenters. The van der Waals surface area contributed by atoms with Crippen LogP contribution in [0.1, 0.15) is 66.1 Å². The molecule has 2 heterocycles. The zero-order valence-corrected chi connectivity index (χ0v) is 26.9. The van der Waals surface area contributed by atoms with Gasteiger partial charge in [-0.25, -0.2) is 9.78 Å². The molecule has 11 heteroatoms. The first-order chi connectivity index (χ1) is 21.6. The summed E-state index contributed by atoms with van der Waals surface area (Å²) < 4.78 is 22.5. The number of aliphatic hydroxyl groups is 1. The maximum Gasteiger partial charge on any atom is 0.350 e. The van der Waals surface area contributed by atoms with Gasteiger partial charge in [0.2, 0.25) is 0 Å². The van der Waals surface area contributed by atoms with E-state index in [2.05, 4.69) is 25.4 Å². The number of carbonyl (C=O) groups excluding carboxylic acids is 3. The molecule has 4 rings (SSSR count). The molecule has 1 fully saturated rings. The van der Waals surface area contributed by atoms with Crippen molar-refractivity contribution in [1.82, 2.24) is 4.98 Å². The Kier molecular flexibility index (Phi) is 11.0. The topological polar surface area (TPSA) is 124 Å². The number of benzene rings is 2. The molecule has 1 aliphatic rings. The second kappa shape index (κ2) is 14.9. The molecule has 0 bridgehead atoms. The van der Waals surface area contributed by atoms with Crippen LogP contribution >= 0.6 is 11.3 Å². The number of carbonyl (C=O) groups is 3. The molecule has 0 radical (unpaired) electrons. The molecule has 10 nitrogen and oxygen atoms in total. The van der Waals surface area contributed by atoms with Crippen LogP contribution in [-0.2, 0) is 14.3 Å². The first-order valence-electron chi connectivity index (χ1n) is 14.7. The molecule has 45 heavy (non-hydrogen) atoms. The van der Waals surface area contributed by atoms with Gasteiger partial charge in [-0.15, -0.1) is 0 Å². The molecule has 1 aliphatic heterocycles. The van der Waals surface area contributed by atoms with Gasteiger partial charge in [0.15, 0.2) is 16.6 Å². The third kappa shape index (κ3) is 7.37. The fraction of sp³-hybridized carbons (Fsp3) is 0.353. The Hall–Kier alpha value is -4.64. The van der Waals surface area contributed by atoms with E-state index in [4.69, 9.17) is 18.9 Å². The van der Waals surface area contributed by atoms with Crippen molar-refractivity contribution in [1.29, 1.82) is 0 Å². The third-order valence-electron chi connectivity index (χ3n) is 6.99. The number of aryl methyl sites for hydroxylation is 1. The molecule has 1 amide bonds. The number of ketones is 1. The van der Waals surface area contributed by atoms with Crippen molar-refractivity contribution in [3.63, 3.8) is 0 Å². The molecule has 1 aromatic heterocycles. The summed E-state index contributed by atoms with van der Waals surface area (Å²) in [5.74, 6) is -0.974. The predicted molar refractivity (Wildman–Crippen MR) is 172 cm³/mol. The van der Waals surface area contributed by atoms with Crippen molar-refractivity contribution < 1.29 is 38.4 Å². The summed E-state index contributed by atoms with van der Waals surface area (Å²) in [7, 11) is 1.50. The van der Waals surface area contributed by atoms with Gasteiger partial charge in [0.1, 0.15) is 23.0 Å². The van der Waals surface area contributed by atoms with Crippen molar-refractivity contribution in [2.24, 2.45) is 5.92 Å². The van der Waals surface area contributed by atoms with Crippen LogP contribution in [0.15, 0.2) is 60.7 Å². The summed E-state index contributed by atoms with van der Waals surface area (Å²) in [6.45, 7) is 12.3. The summed E-state index contributed by atoms with van der Waals surface area (Å²) in [6, 6.07) is 10.7. The normalized spacial score (nSPS) is 15.8. The van der Waals surface area contributed by atoms with Crippen LogP contribution in [0.3, 0.4) is 0 Å². The lowest BCUT2D eigenvalue weighted by molar-refractivity contribution is -0.132. The van der Waals surface area contributed by atoms with E-state index in [-0.39, 0.29) is 27.9 Å². The maximum atomic E-state index is 13.7. The van der Waals surface area contributed by atoms with Crippen LogP contribution in [0.5, 0.6) is 17.2 Å². The predicted octanol–water partition coefficient (Wildman–Crippen LogP) is 6.64. The average Bonchev–Trinajstić information content (AvgIpc) is 3.54. The van der Waals surface area contributed by atoms with Crippen LogP contribution < -0.4 is 19.1 Å². The Morgan fingerprint density at radius 3 is 2.60 bits per heavy atom. The molecule has 238 valence electrons. The van der Waals surface area contributed by atoms with E-state index in [1.165, 1.54) is 18.1 Å². The van der Waals surface area contributed by atoms with Crippen LogP contribution in [-0.4, -0.2) is 54.7 Å². The van der Waals surface area contributed by atoms with Crippen molar-refractivity contribution in [3.05, 3.63) is 82.4 Å². The minimum Gasteiger partial charge on any atom is -0.507 e. The second-order valence-electron chi connectivity index (χ2n) is 10.8. The van der Waals surface area contributed by atoms with Crippen LogP contribution in [0.2, 0.25) is 0 Å². The molecule has 2 aromatic carbocycles. The lowest BCUT2D eigenvalue weighted by Gasteiger charge is -2.24. The van der Waals surface area contributed by atoms with E-state index in [0.717, 1.165) is 24.2 Å². The number of amides is 1. The first-order valence-corrected chi connectivity index (χ1v) is 15.5. The number of thiazole rings is 1. The Morgan fingerprint density at radius 1 is 1.13 bits per heavy atom. The number of Topliss-reactive ketones (excluding diaryl/α,β-unsaturated/α-hetero) is 1. The lowest BCUT2D eigenvalue weighted by atomic mass is 9.95. The van der Waals surface area contributed by atoms with E-state index < -0.39 is 23.7 Å². The highest BCUT2D eigenvalue weighted by Gasteiger charge is 2.48. The fourth-order valence-electron chi connectivity index (χ4n) is 4.71. The SMILES string of the molecule is C=CCOC(=O)c1sc(N2C(=O)C(=O)/C(=C(/O)c3cccc(OCCC)c3)C2c2ccc(OCCC(C)C)c(OC)c2)nc1C.